The summed E-state index contributed by atoms with van der Waals surface area (Å²) >= 11 is 0. The lowest BCUT2D eigenvalue weighted by Crippen LogP contribution is -2.16. The van der Waals surface area contributed by atoms with Crippen molar-refractivity contribution in [2.75, 3.05) is 0 Å². The molecule has 0 atom stereocenters. The number of aromatic hydroxyl groups is 1. The maximum Gasteiger partial charge on any atom is 0.125 e. The van der Waals surface area contributed by atoms with Crippen molar-refractivity contribution >= 4 is 21.7 Å². The predicted molar refractivity (Wildman–Crippen MR) is 96.3 cm³/mol. The normalized spacial score (nSPS) is 14.8. The second kappa shape index (κ2) is 4.32. The smallest absolute Gasteiger partial charge is 0.125 e. The molecule has 0 aliphatic heterocycles. The molecule has 3 heteroatoms. The van der Waals surface area contributed by atoms with Gasteiger partial charge in [-0.3, -0.25) is 9.97 Å². The summed E-state index contributed by atoms with van der Waals surface area (Å²) in [5.41, 5.74) is 4.63. The van der Waals surface area contributed by atoms with E-state index in [2.05, 4.69) is 24.9 Å². The largest absolute Gasteiger partial charge is 0.507 e. The van der Waals surface area contributed by atoms with Crippen LogP contribution in [0.15, 0.2) is 54.9 Å². The van der Waals surface area contributed by atoms with Crippen LogP contribution in [0.2, 0.25) is 0 Å². The molecule has 3 nitrogen and oxygen atoms in total. The van der Waals surface area contributed by atoms with E-state index in [1.165, 1.54) is 0 Å². The Morgan fingerprint density at radius 1 is 0.917 bits per heavy atom. The summed E-state index contributed by atoms with van der Waals surface area (Å²) in [6, 6.07) is 14.0. The molecule has 0 unspecified atom stereocenters. The zero-order valence-electron chi connectivity index (χ0n) is 13.5. The maximum atomic E-state index is 10.7. The third-order valence-electron chi connectivity index (χ3n) is 5.16. The minimum atomic E-state index is -0.274. The summed E-state index contributed by atoms with van der Waals surface area (Å²) < 4.78 is 0. The van der Waals surface area contributed by atoms with E-state index in [-0.39, 0.29) is 5.41 Å². The molecular formula is C21H16N2O. The number of hydrogen-bond donors (Lipinski definition) is 1. The molecule has 5 rings (SSSR count). The van der Waals surface area contributed by atoms with Crippen LogP contribution in [0.4, 0.5) is 0 Å². The van der Waals surface area contributed by atoms with Crippen LogP contribution < -0.4 is 0 Å². The Hall–Kier alpha value is -2.94. The van der Waals surface area contributed by atoms with E-state index in [0.29, 0.717) is 5.75 Å². The van der Waals surface area contributed by atoms with Gasteiger partial charge in [0.15, 0.2) is 0 Å². The summed E-state index contributed by atoms with van der Waals surface area (Å²) in [5.74, 6) is 0.290. The van der Waals surface area contributed by atoms with Gasteiger partial charge in [-0.2, -0.15) is 0 Å². The molecule has 2 aromatic heterocycles. The molecule has 4 aromatic rings. The van der Waals surface area contributed by atoms with E-state index < -0.39 is 0 Å². The van der Waals surface area contributed by atoms with Crippen LogP contribution in [0.25, 0.3) is 32.9 Å². The summed E-state index contributed by atoms with van der Waals surface area (Å²) in [6.07, 6.45) is 3.67. The molecule has 0 saturated carbocycles. The van der Waals surface area contributed by atoms with Gasteiger partial charge < -0.3 is 5.11 Å². The Balaban J connectivity index is 2.02. The highest BCUT2D eigenvalue weighted by atomic mass is 16.3. The number of benzene rings is 2. The van der Waals surface area contributed by atoms with Gasteiger partial charge in [0.2, 0.25) is 0 Å². The van der Waals surface area contributed by atoms with Crippen LogP contribution in [-0.2, 0) is 5.41 Å². The molecule has 0 saturated heterocycles. The second-order valence-corrected chi connectivity index (χ2v) is 6.91. The number of pyridine rings is 2. The van der Waals surface area contributed by atoms with Crippen LogP contribution in [0.5, 0.6) is 5.75 Å². The van der Waals surface area contributed by atoms with Crippen molar-refractivity contribution in [2.45, 2.75) is 19.3 Å². The van der Waals surface area contributed by atoms with E-state index in [9.17, 15) is 5.11 Å². The Bertz CT molecular complexity index is 1150. The lowest BCUT2D eigenvalue weighted by Gasteiger charge is -2.23. The number of fused-ring (bicyclic) bond motifs is 7. The first kappa shape index (κ1) is 13.5. The van der Waals surface area contributed by atoms with Gasteiger partial charge >= 0.3 is 0 Å². The average Bonchev–Trinajstić information content (AvgIpc) is 2.84. The van der Waals surface area contributed by atoms with Gasteiger partial charge in [0.05, 0.1) is 11.2 Å². The van der Waals surface area contributed by atoms with Gasteiger partial charge in [-0.15, -0.1) is 0 Å². The molecule has 24 heavy (non-hydrogen) atoms. The quantitative estimate of drug-likeness (QED) is 0.507. The molecule has 1 aliphatic carbocycles. The lowest BCUT2D eigenvalue weighted by molar-refractivity contribution is 0.477. The number of aromatic nitrogens is 2. The first-order valence-electron chi connectivity index (χ1n) is 8.09. The number of rotatable bonds is 0. The van der Waals surface area contributed by atoms with Crippen molar-refractivity contribution in [3.63, 3.8) is 0 Å². The Morgan fingerprint density at radius 3 is 2.58 bits per heavy atom. The third-order valence-corrected chi connectivity index (χ3v) is 5.16. The van der Waals surface area contributed by atoms with Crippen LogP contribution >= 0.6 is 0 Å². The lowest BCUT2D eigenvalue weighted by atomic mass is 9.79. The van der Waals surface area contributed by atoms with E-state index in [1.54, 1.807) is 0 Å². The highest BCUT2D eigenvalue weighted by Crippen LogP contribution is 2.55. The molecule has 0 radical (unpaired) electrons. The topological polar surface area (TPSA) is 46.0 Å². The molecule has 1 N–H and O–H groups in total. The van der Waals surface area contributed by atoms with Gasteiger partial charge in [-0.05, 0) is 34.5 Å². The fourth-order valence-electron chi connectivity index (χ4n) is 4.17. The van der Waals surface area contributed by atoms with Crippen molar-refractivity contribution in [3.8, 4) is 17.0 Å². The zero-order valence-corrected chi connectivity index (χ0v) is 13.5. The Kier molecular flexibility index (Phi) is 2.43. The van der Waals surface area contributed by atoms with Crippen molar-refractivity contribution < 1.29 is 5.11 Å². The van der Waals surface area contributed by atoms with Crippen LogP contribution in [-0.4, -0.2) is 15.1 Å². The number of phenols is 1. The summed E-state index contributed by atoms with van der Waals surface area (Å²) in [6.45, 7) is 4.39. The van der Waals surface area contributed by atoms with E-state index in [1.807, 2.05) is 48.8 Å². The summed E-state index contributed by atoms with van der Waals surface area (Å²) in [7, 11) is 0. The van der Waals surface area contributed by atoms with Crippen LogP contribution in [0.1, 0.15) is 25.0 Å². The number of phenolic OH excluding ortho intramolecular Hbond substituents is 1. The van der Waals surface area contributed by atoms with Crippen LogP contribution in [0, 0.1) is 0 Å². The minimum absolute atomic E-state index is 0.274. The number of nitrogens with zero attached hydrogens (tertiary/aromatic N) is 2. The van der Waals surface area contributed by atoms with Gasteiger partial charge in [-0.25, -0.2) is 0 Å². The Morgan fingerprint density at radius 2 is 1.71 bits per heavy atom. The third kappa shape index (κ3) is 1.51. The molecule has 0 fully saturated rings. The van der Waals surface area contributed by atoms with Crippen LogP contribution in [0.3, 0.4) is 0 Å². The SMILES string of the molecule is CC1(C)c2c(c(O)cc3ccccc23)-c2ncc3cccnc3c21. The fraction of sp³-hybridized carbons (Fsp3) is 0.143. The highest BCUT2D eigenvalue weighted by molar-refractivity contribution is 6.03. The monoisotopic (exact) mass is 312 g/mol. The van der Waals surface area contributed by atoms with Gasteiger partial charge in [-0.1, -0.05) is 38.1 Å². The maximum absolute atomic E-state index is 10.7. The van der Waals surface area contributed by atoms with E-state index in [4.69, 9.17) is 4.98 Å². The molecular weight excluding hydrogens is 296 g/mol. The number of hydrogen-bond acceptors (Lipinski definition) is 3. The van der Waals surface area contributed by atoms with Gasteiger partial charge in [0.25, 0.3) is 0 Å². The predicted octanol–water partition coefficient (Wildman–Crippen LogP) is 4.79. The Labute approximate surface area is 139 Å². The van der Waals surface area contributed by atoms with Crippen molar-refractivity contribution in [1.29, 1.82) is 0 Å². The molecule has 1 aliphatic rings. The standard InChI is InChI=1S/C21H16N2O/c1-21(2)17-14-8-4-3-6-12(14)10-15(24)16(17)20-18(21)19-13(11-23-20)7-5-9-22-19/h3-11,24H,1-2H3. The molecule has 0 bridgehead atoms. The van der Waals surface area contributed by atoms with Crippen molar-refractivity contribution in [3.05, 3.63) is 66.0 Å². The molecule has 0 spiro atoms. The van der Waals surface area contributed by atoms with Gasteiger partial charge in [0.1, 0.15) is 5.75 Å². The average molecular weight is 312 g/mol. The minimum Gasteiger partial charge on any atom is -0.507 e. The van der Waals surface area contributed by atoms with E-state index in [0.717, 1.165) is 44.1 Å². The zero-order chi connectivity index (χ0) is 16.5. The fourth-order valence-corrected chi connectivity index (χ4v) is 4.17. The molecule has 116 valence electrons. The van der Waals surface area contributed by atoms with Gasteiger partial charge in [0, 0.05) is 34.3 Å². The molecule has 2 heterocycles. The van der Waals surface area contributed by atoms with E-state index >= 15 is 0 Å². The molecule has 2 aromatic carbocycles. The first-order chi connectivity index (χ1) is 11.6. The van der Waals surface area contributed by atoms with Crippen molar-refractivity contribution in [2.24, 2.45) is 0 Å². The summed E-state index contributed by atoms with van der Waals surface area (Å²) in [4.78, 5) is 9.31. The second-order valence-electron chi connectivity index (χ2n) is 6.91. The molecule has 0 amide bonds. The summed E-state index contributed by atoms with van der Waals surface area (Å²) in [5, 5.41) is 14.0. The highest BCUT2D eigenvalue weighted by Gasteiger charge is 2.41. The first-order valence-corrected chi connectivity index (χ1v) is 8.09. The van der Waals surface area contributed by atoms with Crippen molar-refractivity contribution in [1.82, 2.24) is 9.97 Å².